The molecule has 0 amide bonds. The van der Waals surface area contributed by atoms with Gasteiger partial charge in [-0.2, -0.15) is 54.1 Å². The van der Waals surface area contributed by atoms with Crippen molar-refractivity contribution >= 4 is 5.57 Å². The van der Waals surface area contributed by atoms with Crippen LogP contribution in [0.5, 0.6) is 0 Å². The molecule has 0 fully saturated rings. The normalized spacial score (nSPS) is 19.9. The first-order chi connectivity index (χ1) is 13.9. The molecule has 2 aliphatic carbocycles. The van der Waals surface area contributed by atoms with Crippen molar-refractivity contribution in [2.24, 2.45) is 11.3 Å². The van der Waals surface area contributed by atoms with E-state index >= 15 is 0 Å². The van der Waals surface area contributed by atoms with Gasteiger partial charge in [0, 0.05) is 27.3 Å². The second-order valence-corrected chi connectivity index (χ2v) is 8.98. The van der Waals surface area contributed by atoms with E-state index in [2.05, 4.69) is 63.0 Å². The summed E-state index contributed by atoms with van der Waals surface area (Å²) in [6, 6.07) is 26.4. The van der Waals surface area contributed by atoms with Crippen LogP contribution in [0.25, 0.3) is 16.7 Å². The van der Waals surface area contributed by atoms with Gasteiger partial charge in [0.05, 0.1) is 0 Å². The maximum Gasteiger partial charge on any atom is 0.00537 e. The van der Waals surface area contributed by atoms with E-state index in [1.165, 1.54) is 23.3 Å². The smallest absolute Gasteiger partial charge is 0.00537 e. The van der Waals surface area contributed by atoms with Crippen molar-refractivity contribution in [2.45, 2.75) is 46.0 Å². The van der Waals surface area contributed by atoms with Gasteiger partial charge in [-0.3, -0.25) is 6.08 Å². The number of nitrogens with zero attached hydrogens (tertiary/aromatic N) is 1. The van der Waals surface area contributed by atoms with Crippen molar-refractivity contribution in [3.8, 4) is 11.1 Å². The molecule has 3 aromatic rings. The molecule has 0 aliphatic heterocycles. The van der Waals surface area contributed by atoms with E-state index in [1.807, 2.05) is 54.7 Å². The maximum absolute atomic E-state index is 4.62. The van der Waals surface area contributed by atoms with Crippen LogP contribution in [0.15, 0.2) is 66.9 Å². The number of aromatic nitrogens is 1. The van der Waals surface area contributed by atoms with Crippen LogP contribution in [-0.2, 0) is 26.5 Å². The van der Waals surface area contributed by atoms with Gasteiger partial charge >= 0.3 is 0 Å². The molecule has 158 valence electrons. The summed E-state index contributed by atoms with van der Waals surface area (Å²) >= 11 is 0. The summed E-state index contributed by atoms with van der Waals surface area (Å²) in [6.45, 7) is 9.53. The predicted octanol–water partition coefficient (Wildman–Crippen LogP) is 6.95. The summed E-state index contributed by atoms with van der Waals surface area (Å²) in [5.41, 5.74) is 6.63. The molecular formula is C28H28NPt-3. The van der Waals surface area contributed by atoms with Crippen LogP contribution in [-0.4, -0.2) is 4.98 Å². The van der Waals surface area contributed by atoms with E-state index < -0.39 is 0 Å². The molecule has 0 spiro atoms. The van der Waals surface area contributed by atoms with Crippen LogP contribution in [0.3, 0.4) is 0 Å². The molecule has 2 heteroatoms. The zero-order valence-electron chi connectivity index (χ0n) is 18.1. The first-order valence-electron chi connectivity index (χ1n) is 10.4. The van der Waals surface area contributed by atoms with E-state index in [0.717, 1.165) is 17.5 Å². The Morgan fingerprint density at radius 3 is 2.07 bits per heavy atom. The molecule has 1 unspecified atom stereocenters. The summed E-state index contributed by atoms with van der Waals surface area (Å²) in [5.74, 6) is 0.625. The second kappa shape index (κ2) is 9.02. The van der Waals surface area contributed by atoms with Gasteiger partial charge in [-0.15, -0.1) is 18.6 Å². The summed E-state index contributed by atoms with van der Waals surface area (Å²) in [6.07, 6.45) is 7.81. The number of rotatable bonds is 1. The topological polar surface area (TPSA) is 12.9 Å². The zero-order chi connectivity index (χ0) is 20.5. The van der Waals surface area contributed by atoms with Gasteiger partial charge in [0.2, 0.25) is 0 Å². The number of hydrogen-bond acceptors (Lipinski definition) is 1. The van der Waals surface area contributed by atoms with Gasteiger partial charge in [-0.1, -0.05) is 51.4 Å². The van der Waals surface area contributed by atoms with Crippen molar-refractivity contribution in [3.05, 3.63) is 96.3 Å². The maximum atomic E-state index is 4.62. The van der Waals surface area contributed by atoms with Crippen LogP contribution in [0, 0.1) is 29.5 Å². The Morgan fingerprint density at radius 2 is 1.50 bits per heavy atom. The van der Waals surface area contributed by atoms with Crippen molar-refractivity contribution in [3.63, 3.8) is 0 Å². The minimum atomic E-state index is 0. The number of benzene rings is 2. The molecule has 2 aromatic carbocycles. The van der Waals surface area contributed by atoms with Crippen LogP contribution in [0.2, 0.25) is 0 Å². The molecular weight excluding hydrogens is 545 g/mol. The van der Waals surface area contributed by atoms with Crippen molar-refractivity contribution in [2.75, 3.05) is 0 Å². The number of fused-ring (bicyclic) bond motifs is 3. The minimum Gasteiger partial charge on any atom is -0.351 e. The molecule has 0 saturated carbocycles. The minimum absolute atomic E-state index is 0. The molecule has 1 nitrogen and oxygen atoms in total. The summed E-state index contributed by atoms with van der Waals surface area (Å²) in [5, 5.41) is 0. The molecule has 0 bridgehead atoms. The fourth-order valence-corrected chi connectivity index (χ4v) is 4.62. The molecule has 0 saturated heterocycles. The van der Waals surface area contributed by atoms with E-state index in [0.29, 0.717) is 5.92 Å². The van der Waals surface area contributed by atoms with E-state index in [9.17, 15) is 0 Å². The largest absolute Gasteiger partial charge is 0.351 e. The van der Waals surface area contributed by atoms with Gasteiger partial charge in [0.25, 0.3) is 0 Å². The summed E-state index contributed by atoms with van der Waals surface area (Å²) in [4.78, 5) is 4.62. The molecule has 1 atom stereocenters. The standard InChI is InChI=1S/C16H20N.C12H8.Pt/c1-15(2)12-8-5-7-11(12)14-13(16(15,3)4)9-6-10-17-14;1-3-7-11(8-4-1)12-9-5-2-6-10-12;/h6,9-10,12H,5,8H2,1-4H3;1-7,9H;/q-1;-2;. The third-order valence-corrected chi connectivity index (χ3v) is 7.02. The first kappa shape index (κ1) is 22.7. The van der Waals surface area contributed by atoms with Gasteiger partial charge < -0.3 is 4.98 Å². The first-order valence-corrected chi connectivity index (χ1v) is 10.4. The predicted molar refractivity (Wildman–Crippen MR) is 120 cm³/mol. The SMILES string of the molecule is CC1(C)c2cccnc2C2=[C-]CCC2C1(C)C.[Pt].[c-]1ccccc1-c1[c-]cccc1. The monoisotopic (exact) mass is 573 g/mol. The van der Waals surface area contributed by atoms with E-state index in [-0.39, 0.29) is 31.9 Å². The summed E-state index contributed by atoms with van der Waals surface area (Å²) in [7, 11) is 0. The summed E-state index contributed by atoms with van der Waals surface area (Å²) < 4.78 is 0. The number of pyridine rings is 1. The van der Waals surface area contributed by atoms with Crippen LogP contribution < -0.4 is 0 Å². The Kier molecular flexibility index (Phi) is 6.83. The Morgan fingerprint density at radius 1 is 0.867 bits per heavy atom. The third-order valence-electron chi connectivity index (χ3n) is 7.02. The fourth-order valence-electron chi connectivity index (χ4n) is 4.62. The van der Waals surface area contributed by atoms with E-state index in [1.54, 1.807) is 0 Å². The zero-order valence-corrected chi connectivity index (χ0v) is 20.4. The molecule has 2 aliphatic rings. The Hall–Kier alpha value is -1.98. The quantitative estimate of drug-likeness (QED) is 0.287. The van der Waals surface area contributed by atoms with E-state index in [4.69, 9.17) is 0 Å². The Bertz CT molecular complexity index is 966. The number of hydrogen-bond donors (Lipinski definition) is 0. The van der Waals surface area contributed by atoms with Crippen molar-refractivity contribution in [1.29, 1.82) is 0 Å². The molecule has 1 aromatic heterocycles. The average Bonchev–Trinajstić information content (AvgIpc) is 3.26. The van der Waals surface area contributed by atoms with Crippen molar-refractivity contribution < 1.29 is 21.1 Å². The number of allylic oxidation sites excluding steroid dienone is 2. The van der Waals surface area contributed by atoms with Crippen LogP contribution in [0.1, 0.15) is 51.8 Å². The molecule has 30 heavy (non-hydrogen) atoms. The molecule has 5 rings (SSSR count). The average molecular weight is 574 g/mol. The fraction of sp³-hybridized carbons (Fsp3) is 0.321. The van der Waals surface area contributed by atoms with Gasteiger partial charge in [0.1, 0.15) is 0 Å². The van der Waals surface area contributed by atoms with Gasteiger partial charge in [-0.05, 0) is 22.8 Å². The third kappa shape index (κ3) is 3.97. The molecule has 1 heterocycles. The van der Waals surface area contributed by atoms with Crippen molar-refractivity contribution in [1.82, 2.24) is 4.98 Å². The van der Waals surface area contributed by atoms with Crippen LogP contribution >= 0.6 is 0 Å². The molecule has 0 radical (unpaired) electrons. The van der Waals surface area contributed by atoms with Gasteiger partial charge in [0.15, 0.2) is 0 Å². The molecule has 0 N–H and O–H groups in total. The van der Waals surface area contributed by atoms with Gasteiger partial charge in [-0.25, -0.2) is 11.1 Å². The van der Waals surface area contributed by atoms with Crippen LogP contribution in [0.4, 0.5) is 0 Å². The Labute approximate surface area is 195 Å². The Balaban J connectivity index is 0.000000175. The second-order valence-electron chi connectivity index (χ2n) is 8.98.